The van der Waals surface area contributed by atoms with E-state index in [-0.39, 0.29) is 24.2 Å². The molecule has 0 aliphatic heterocycles. The first-order valence-corrected chi connectivity index (χ1v) is 12.8. The number of phenolic OH excluding ortho intramolecular Hbond substituents is 1. The van der Waals surface area contributed by atoms with E-state index in [4.69, 9.17) is 5.73 Å². The number of aliphatic hydroxyl groups is 1. The van der Waals surface area contributed by atoms with Gasteiger partial charge in [0.2, 0.25) is 5.91 Å². The van der Waals surface area contributed by atoms with Crippen LogP contribution in [0, 0.1) is 29.6 Å². The van der Waals surface area contributed by atoms with Gasteiger partial charge in [-0.15, -0.1) is 0 Å². The first-order valence-electron chi connectivity index (χ1n) is 12.8. The lowest BCUT2D eigenvalue weighted by Crippen LogP contribution is -2.74. The van der Waals surface area contributed by atoms with E-state index in [1.165, 1.54) is 23.8 Å². The van der Waals surface area contributed by atoms with Gasteiger partial charge in [-0.2, -0.15) is 0 Å². The molecule has 2 unspecified atom stereocenters. The zero-order valence-corrected chi connectivity index (χ0v) is 21.2. The molecule has 4 aliphatic rings. The number of hydrogen-bond acceptors (Lipinski definition) is 9. The number of benzene rings is 1. The van der Waals surface area contributed by atoms with Crippen LogP contribution in [0.1, 0.15) is 47.7 Å². The highest BCUT2D eigenvalue weighted by atomic mass is 16.3. The number of ketones is 4. The summed E-state index contributed by atoms with van der Waals surface area (Å²) in [6, 6.07) is 2.59. The van der Waals surface area contributed by atoms with Crippen molar-refractivity contribution >= 4 is 29.0 Å². The lowest BCUT2D eigenvalue weighted by Gasteiger charge is -2.52. The van der Waals surface area contributed by atoms with Crippen LogP contribution in [-0.4, -0.2) is 75.9 Å². The van der Waals surface area contributed by atoms with E-state index in [2.05, 4.69) is 12.2 Å². The largest absolute Gasteiger partial charge is 0.507 e. The van der Waals surface area contributed by atoms with Gasteiger partial charge >= 0.3 is 0 Å². The van der Waals surface area contributed by atoms with Crippen molar-refractivity contribution in [2.45, 2.75) is 56.8 Å². The molecule has 0 bridgehead atoms. The molecule has 0 heterocycles. The first kappa shape index (κ1) is 25.7. The maximum atomic E-state index is 13.7. The second kappa shape index (κ2) is 8.82. The molecule has 0 aromatic heterocycles. The van der Waals surface area contributed by atoms with Crippen molar-refractivity contribution in [1.29, 1.82) is 0 Å². The number of likely N-dealkylation sites (N-methyl/N-ethyl adjacent to an activating group) is 1. The first-order chi connectivity index (χ1) is 17.4. The summed E-state index contributed by atoms with van der Waals surface area (Å²) in [4.78, 5) is 67.2. The maximum Gasteiger partial charge on any atom is 0.235 e. The average molecular weight is 512 g/mol. The lowest BCUT2D eigenvalue weighted by molar-refractivity contribution is -0.181. The van der Waals surface area contributed by atoms with Gasteiger partial charge in [0, 0.05) is 18.5 Å². The Kier molecular flexibility index (Phi) is 6.12. The molecule has 0 spiro atoms. The van der Waals surface area contributed by atoms with Crippen molar-refractivity contribution in [2.75, 3.05) is 14.1 Å². The van der Waals surface area contributed by atoms with Crippen molar-refractivity contribution in [3.63, 3.8) is 0 Å². The second-order valence-electron chi connectivity index (χ2n) is 11.4. The van der Waals surface area contributed by atoms with Gasteiger partial charge in [-0.05, 0) is 75.7 Å². The summed E-state index contributed by atoms with van der Waals surface area (Å²) in [5, 5.41) is 25.8. The lowest BCUT2D eigenvalue weighted by atomic mass is 9.52. The molecule has 7 atom stereocenters. The number of fused-ring (bicyclic) bond motifs is 3. The molecule has 10 heteroatoms. The number of rotatable bonds is 6. The highest BCUT2D eigenvalue weighted by molar-refractivity contribution is 6.32. The van der Waals surface area contributed by atoms with Crippen LogP contribution in [0.5, 0.6) is 5.75 Å². The molecule has 1 amide bonds. The molecule has 3 fully saturated rings. The van der Waals surface area contributed by atoms with Crippen molar-refractivity contribution in [1.82, 2.24) is 10.2 Å². The number of primary amides is 1. The predicted octanol–water partition coefficient (Wildman–Crippen LogP) is -0.245. The summed E-state index contributed by atoms with van der Waals surface area (Å²) in [6.07, 6.45) is 2.71. The van der Waals surface area contributed by atoms with Crippen LogP contribution in [0.25, 0.3) is 0 Å². The zero-order valence-electron chi connectivity index (χ0n) is 21.2. The topological polar surface area (TPSA) is 167 Å². The number of aromatic hydroxyl groups is 1. The molecule has 1 aromatic rings. The number of amides is 1. The number of nitrogens with zero attached hydrogens (tertiary/aromatic N) is 1. The summed E-state index contributed by atoms with van der Waals surface area (Å²) in [6.45, 7) is 2.64. The van der Waals surface area contributed by atoms with E-state index in [1.807, 2.05) is 6.07 Å². The molecular formula is C27H33N3O7. The van der Waals surface area contributed by atoms with Crippen LogP contribution in [0.4, 0.5) is 0 Å². The molecule has 4 aliphatic carbocycles. The fourth-order valence-electron chi connectivity index (χ4n) is 6.84. The highest BCUT2D eigenvalue weighted by Gasteiger charge is 2.69. The number of carbonyl (C=O) groups is 5. The molecule has 37 heavy (non-hydrogen) atoms. The summed E-state index contributed by atoms with van der Waals surface area (Å²) in [5.41, 5.74) is 4.06. The van der Waals surface area contributed by atoms with E-state index in [9.17, 15) is 34.2 Å². The Morgan fingerprint density at radius 3 is 2.46 bits per heavy atom. The van der Waals surface area contributed by atoms with Crippen LogP contribution in [0.3, 0.4) is 0 Å². The van der Waals surface area contributed by atoms with Crippen LogP contribution in [0.2, 0.25) is 0 Å². The molecule has 198 valence electrons. The van der Waals surface area contributed by atoms with Gasteiger partial charge in [0.15, 0.2) is 34.7 Å². The average Bonchev–Trinajstić information content (AvgIpc) is 3.65. The SMILES string of the molecule is C[C@@H](NCc1cc(O)c2c(c1)C[C@H]1C[C@H]3[C@H](N(C)C)C(=O)C(C(N)=O)C(=O)[C@@]3(O)C(=O)C1C2=O)C1CC1. The van der Waals surface area contributed by atoms with E-state index >= 15 is 0 Å². The molecule has 3 saturated carbocycles. The standard InChI is InChI=1S/C27H33N3O7/c1-11(13-4-5-13)29-10-12-6-14-8-15-9-16-21(30(2)3)23(33)20(26(28)36)25(35)27(16,37)24(34)19(15)22(32)18(14)17(31)7-12/h6-7,11,13,15-16,19-21,29,31,37H,4-5,8-10H2,1-3H3,(H2,28,36)/t11-,15+,16+,19?,20?,21+,27+/m1/s1. The molecule has 0 radical (unpaired) electrons. The Morgan fingerprint density at radius 1 is 1.19 bits per heavy atom. The van der Waals surface area contributed by atoms with E-state index < -0.39 is 64.4 Å². The molecular weight excluding hydrogens is 478 g/mol. The third-order valence-corrected chi connectivity index (χ3v) is 8.89. The molecule has 1 aromatic carbocycles. The Hall–Kier alpha value is -2.95. The molecule has 5 N–H and O–H groups in total. The monoisotopic (exact) mass is 511 g/mol. The Labute approximate surface area is 214 Å². The quantitative estimate of drug-likeness (QED) is 0.377. The minimum atomic E-state index is -2.70. The van der Waals surface area contributed by atoms with Gasteiger partial charge in [0.05, 0.1) is 17.5 Å². The van der Waals surface area contributed by atoms with Gasteiger partial charge in [-0.3, -0.25) is 28.9 Å². The van der Waals surface area contributed by atoms with Crippen molar-refractivity contribution in [2.24, 2.45) is 35.3 Å². The van der Waals surface area contributed by atoms with Gasteiger partial charge in [-0.1, -0.05) is 6.07 Å². The smallest absolute Gasteiger partial charge is 0.235 e. The molecule has 0 saturated heterocycles. The van der Waals surface area contributed by atoms with E-state index in [1.54, 1.807) is 14.1 Å². The zero-order chi connectivity index (χ0) is 27.0. The number of Topliss-reactive ketones (excluding diaryl/α,β-unsaturated/α-hetero) is 4. The third-order valence-electron chi connectivity index (χ3n) is 8.89. The minimum Gasteiger partial charge on any atom is -0.507 e. The van der Waals surface area contributed by atoms with Crippen molar-refractivity contribution in [3.05, 3.63) is 28.8 Å². The van der Waals surface area contributed by atoms with E-state index in [0.29, 0.717) is 24.1 Å². The van der Waals surface area contributed by atoms with Crippen molar-refractivity contribution in [3.8, 4) is 5.75 Å². The number of phenols is 1. The number of nitrogens with two attached hydrogens (primary N) is 1. The van der Waals surface area contributed by atoms with Gasteiger partial charge < -0.3 is 21.3 Å². The maximum absolute atomic E-state index is 13.7. The summed E-state index contributed by atoms with van der Waals surface area (Å²) in [5.74, 6) is -9.56. The van der Waals surface area contributed by atoms with Crippen LogP contribution < -0.4 is 11.1 Å². The van der Waals surface area contributed by atoms with Crippen LogP contribution in [0.15, 0.2) is 12.1 Å². The van der Waals surface area contributed by atoms with E-state index in [0.717, 1.165) is 5.56 Å². The molecule has 5 rings (SSSR count). The highest BCUT2D eigenvalue weighted by Crippen LogP contribution is 2.50. The fourth-order valence-corrected chi connectivity index (χ4v) is 6.84. The number of carbonyl (C=O) groups excluding carboxylic acids is 5. The van der Waals surface area contributed by atoms with Gasteiger partial charge in [0.1, 0.15) is 5.75 Å². The summed E-state index contributed by atoms with van der Waals surface area (Å²) >= 11 is 0. The fraction of sp³-hybridized carbons (Fsp3) is 0.593. The Morgan fingerprint density at radius 2 is 1.86 bits per heavy atom. The second-order valence-corrected chi connectivity index (χ2v) is 11.4. The number of hydrogen-bond donors (Lipinski definition) is 4. The normalized spacial score (nSPS) is 34.1. The number of nitrogens with one attached hydrogen (secondary N) is 1. The minimum absolute atomic E-state index is 0.0191. The van der Waals surface area contributed by atoms with Gasteiger partial charge in [0.25, 0.3) is 0 Å². The summed E-state index contributed by atoms with van der Waals surface area (Å²) in [7, 11) is 3.13. The van der Waals surface area contributed by atoms with Crippen LogP contribution >= 0.6 is 0 Å². The third kappa shape index (κ3) is 3.84. The van der Waals surface area contributed by atoms with Gasteiger partial charge in [-0.25, -0.2) is 0 Å². The summed E-state index contributed by atoms with van der Waals surface area (Å²) < 4.78 is 0. The molecule has 10 nitrogen and oxygen atoms in total. The Balaban J connectivity index is 1.51. The predicted molar refractivity (Wildman–Crippen MR) is 130 cm³/mol. The Bertz CT molecular complexity index is 1220. The van der Waals surface area contributed by atoms with Crippen LogP contribution in [-0.2, 0) is 32.1 Å². The van der Waals surface area contributed by atoms with Crippen molar-refractivity contribution < 1.29 is 34.2 Å².